The number of anilines is 2. The van der Waals surface area contributed by atoms with Crippen LogP contribution in [0.4, 0.5) is 51.0 Å². The molecule has 0 radical (unpaired) electrons. The van der Waals surface area contributed by atoms with Crippen molar-refractivity contribution < 1.29 is 58.6 Å². The van der Waals surface area contributed by atoms with Crippen molar-refractivity contribution in [1.29, 1.82) is 0 Å². The van der Waals surface area contributed by atoms with Crippen LogP contribution >= 0.6 is 0 Å². The number of carbonyl (C=O) groups is 3. The van der Waals surface area contributed by atoms with E-state index in [0.717, 1.165) is 0 Å². The second kappa shape index (κ2) is 12.5. The number of carbonyl (C=O) groups excluding carboxylic acids is 3. The Morgan fingerprint density at radius 1 is 1.14 bits per heavy atom. The fourth-order valence-electron chi connectivity index (χ4n) is 5.29. The van der Waals surface area contributed by atoms with Gasteiger partial charge in [0.15, 0.2) is 11.7 Å². The number of hydrogen-bond donors (Lipinski definition) is 3. The van der Waals surface area contributed by atoms with Gasteiger partial charge in [0.25, 0.3) is 5.91 Å². The number of ether oxygens (including phenoxy) is 1. The van der Waals surface area contributed by atoms with Gasteiger partial charge in [-0.3, -0.25) is 24.7 Å². The molecule has 4 atom stereocenters. The van der Waals surface area contributed by atoms with Gasteiger partial charge in [0.05, 0.1) is 37.4 Å². The Morgan fingerprint density at radius 2 is 1.84 bits per heavy atom. The molecule has 1 aromatic rings. The number of rotatable bonds is 8. The van der Waals surface area contributed by atoms with E-state index in [1.807, 2.05) is 5.43 Å². The highest BCUT2D eigenvalue weighted by atomic mass is 19.4. The van der Waals surface area contributed by atoms with E-state index in [1.54, 1.807) is 0 Å². The predicted octanol–water partition coefficient (Wildman–Crippen LogP) is 1.59. The van der Waals surface area contributed by atoms with Crippen molar-refractivity contribution in [3.8, 4) is 0 Å². The average Bonchev–Trinajstić information content (AvgIpc) is 2.91. The molecule has 3 unspecified atom stereocenters. The first-order chi connectivity index (χ1) is 20.4. The van der Waals surface area contributed by atoms with E-state index in [1.165, 1.54) is 16.7 Å². The summed E-state index contributed by atoms with van der Waals surface area (Å²) < 4.78 is 125. The van der Waals surface area contributed by atoms with Crippen LogP contribution in [0.1, 0.15) is 18.9 Å². The standard InChI is InChI=1S/C24H28F9N7O4/c1-12(36-14-8-35-37-20(42)18(14)24(31,32)33)10-44-5-2-17(41)38-3-4-39-16(9-38)21(43)40(11-22(25,26)27)15-6-13(23(28,29)30)7-34-19(15)39/h6-7,12,14,16,18,35-36H,2-5,8-11H2,1H3,(H,37,42)/t12-,14?,16?,18?/m0/s1. The van der Waals surface area contributed by atoms with E-state index >= 15 is 0 Å². The fraction of sp³-hybridized carbons (Fsp3) is 0.667. The van der Waals surface area contributed by atoms with E-state index in [0.29, 0.717) is 12.3 Å². The first-order valence-corrected chi connectivity index (χ1v) is 13.3. The molecule has 2 saturated heterocycles. The SMILES string of the molecule is C[C@@H](COCCC(=O)N1CCN2c3ncc(C(F)(F)F)cc3N(CC(F)(F)F)C(=O)C2C1)NC1CNNC(=O)C1C(F)(F)F. The highest BCUT2D eigenvalue weighted by molar-refractivity contribution is 6.05. The first kappa shape index (κ1) is 33.5. The Balaban J connectivity index is 1.34. The zero-order valence-electron chi connectivity index (χ0n) is 22.9. The molecular weight excluding hydrogens is 621 g/mol. The summed E-state index contributed by atoms with van der Waals surface area (Å²) in [5.74, 6) is -5.44. The van der Waals surface area contributed by atoms with Gasteiger partial charge in [0, 0.05) is 37.9 Å². The largest absolute Gasteiger partial charge is 0.417 e. The number of alkyl halides is 9. The molecule has 11 nitrogen and oxygen atoms in total. The minimum absolute atomic E-state index is 0.0163. The summed E-state index contributed by atoms with van der Waals surface area (Å²) in [6.07, 6.45) is -14.4. The predicted molar refractivity (Wildman–Crippen MR) is 133 cm³/mol. The van der Waals surface area contributed by atoms with Crippen molar-refractivity contribution >= 4 is 29.2 Å². The van der Waals surface area contributed by atoms with E-state index in [-0.39, 0.29) is 56.5 Å². The molecule has 4 heterocycles. The molecule has 4 rings (SSSR count). The Morgan fingerprint density at radius 3 is 2.48 bits per heavy atom. The third-order valence-corrected chi connectivity index (χ3v) is 7.26. The summed E-state index contributed by atoms with van der Waals surface area (Å²) in [6.45, 7) is -1.32. The summed E-state index contributed by atoms with van der Waals surface area (Å²) in [4.78, 5) is 44.1. The van der Waals surface area contributed by atoms with Crippen molar-refractivity contribution in [2.24, 2.45) is 5.92 Å². The van der Waals surface area contributed by atoms with E-state index in [9.17, 15) is 53.9 Å². The van der Waals surface area contributed by atoms with Gasteiger partial charge in [-0.05, 0) is 13.0 Å². The lowest BCUT2D eigenvalue weighted by Crippen LogP contribution is -2.65. The number of fused-ring (bicyclic) bond motifs is 3. The number of nitrogens with one attached hydrogen (secondary N) is 3. The summed E-state index contributed by atoms with van der Waals surface area (Å²) in [6, 6.07) is -2.82. The molecule has 20 heteroatoms. The van der Waals surface area contributed by atoms with Gasteiger partial charge in [-0.15, -0.1) is 0 Å². The zero-order valence-corrected chi connectivity index (χ0v) is 22.9. The number of piperazine rings is 1. The number of halogens is 9. The Kier molecular flexibility index (Phi) is 9.55. The van der Waals surface area contributed by atoms with Gasteiger partial charge >= 0.3 is 18.5 Å². The molecule has 0 aliphatic carbocycles. The highest BCUT2D eigenvalue weighted by Crippen LogP contribution is 2.41. The molecule has 2 fully saturated rings. The van der Waals surface area contributed by atoms with Gasteiger partial charge < -0.3 is 19.9 Å². The maximum Gasteiger partial charge on any atom is 0.417 e. The molecule has 0 spiro atoms. The average molecular weight is 650 g/mol. The van der Waals surface area contributed by atoms with Gasteiger partial charge in [-0.2, -0.15) is 39.5 Å². The lowest BCUT2D eigenvalue weighted by molar-refractivity contribution is -0.193. The fourth-order valence-corrected chi connectivity index (χ4v) is 5.29. The van der Waals surface area contributed by atoms with Crippen LogP contribution in [0.2, 0.25) is 0 Å². The maximum atomic E-state index is 13.3. The molecule has 3 aliphatic rings. The molecule has 0 saturated carbocycles. The lowest BCUT2D eigenvalue weighted by atomic mass is 9.96. The van der Waals surface area contributed by atoms with Gasteiger partial charge in [0.1, 0.15) is 12.6 Å². The van der Waals surface area contributed by atoms with Crippen LogP contribution in [-0.2, 0) is 25.3 Å². The van der Waals surface area contributed by atoms with Crippen molar-refractivity contribution in [3.63, 3.8) is 0 Å². The third-order valence-electron chi connectivity index (χ3n) is 7.26. The van der Waals surface area contributed by atoms with Crippen LogP contribution in [0.5, 0.6) is 0 Å². The third kappa shape index (κ3) is 7.63. The molecule has 0 aromatic carbocycles. The monoisotopic (exact) mass is 649 g/mol. The van der Waals surface area contributed by atoms with E-state index < -0.39 is 78.1 Å². The first-order valence-electron chi connectivity index (χ1n) is 13.3. The minimum atomic E-state index is -4.94. The summed E-state index contributed by atoms with van der Waals surface area (Å²) in [7, 11) is 0. The van der Waals surface area contributed by atoms with Crippen molar-refractivity contribution in [3.05, 3.63) is 17.8 Å². The Hall–Kier alpha value is -3.39. The van der Waals surface area contributed by atoms with Crippen molar-refractivity contribution in [2.75, 3.05) is 55.7 Å². The normalized spacial score (nSPS) is 23.7. The van der Waals surface area contributed by atoms with Crippen LogP contribution in [0.15, 0.2) is 12.3 Å². The molecule has 3 amide bonds. The zero-order chi connectivity index (χ0) is 32.6. The van der Waals surface area contributed by atoms with Crippen LogP contribution < -0.4 is 26.0 Å². The second-order valence-corrected chi connectivity index (χ2v) is 10.5. The summed E-state index contributed by atoms with van der Waals surface area (Å²) in [5, 5.41) is 2.67. The summed E-state index contributed by atoms with van der Waals surface area (Å²) in [5.41, 5.74) is 2.35. The maximum absolute atomic E-state index is 13.3. The topological polar surface area (TPSA) is 119 Å². The van der Waals surface area contributed by atoms with Gasteiger partial charge in [0.2, 0.25) is 11.8 Å². The molecule has 44 heavy (non-hydrogen) atoms. The number of nitrogens with zero attached hydrogens (tertiary/aromatic N) is 4. The van der Waals surface area contributed by atoms with Gasteiger partial charge in [-0.1, -0.05) is 0 Å². The number of hydrogen-bond acceptors (Lipinski definition) is 8. The number of pyridine rings is 1. The van der Waals surface area contributed by atoms with Crippen molar-refractivity contribution in [1.82, 2.24) is 26.1 Å². The Labute approximate surface area is 244 Å². The summed E-state index contributed by atoms with van der Waals surface area (Å²) >= 11 is 0. The molecule has 246 valence electrons. The van der Waals surface area contributed by atoms with Crippen LogP contribution in [-0.4, -0.2) is 104 Å². The van der Waals surface area contributed by atoms with Crippen LogP contribution in [0.3, 0.4) is 0 Å². The lowest BCUT2D eigenvalue weighted by Gasteiger charge is -2.47. The number of aromatic nitrogens is 1. The van der Waals surface area contributed by atoms with Crippen LogP contribution in [0.25, 0.3) is 0 Å². The van der Waals surface area contributed by atoms with Crippen molar-refractivity contribution in [2.45, 2.75) is 50.0 Å². The molecule has 3 N–H and O–H groups in total. The molecule has 0 bridgehead atoms. The molecule has 3 aliphatic heterocycles. The quantitative estimate of drug-likeness (QED) is 0.287. The van der Waals surface area contributed by atoms with Crippen LogP contribution in [0, 0.1) is 5.92 Å². The highest BCUT2D eigenvalue weighted by Gasteiger charge is 2.51. The number of amides is 3. The van der Waals surface area contributed by atoms with Gasteiger partial charge in [-0.25, -0.2) is 10.4 Å². The minimum Gasteiger partial charge on any atom is -0.379 e. The van der Waals surface area contributed by atoms with E-state index in [4.69, 9.17) is 4.74 Å². The molecule has 1 aromatic heterocycles. The second-order valence-electron chi connectivity index (χ2n) is 10.5. The Bertz CT molecular complexity index is 1240. The molecular formula is C24H28F9N7O4. The number of hydrazine groups is 1. The smallest absolute Gasteiger partial charge is 0.379 e. The van der Waals surface area contributed by atoms with E-state index in [2.05, 4.69) is 15.7 Å².